The van der Waals surface area contributed by atoms with Gasteiger partial charge in [-0.25, -0.2) is 4.39 Å². The first-order valence-electron chi connectivity index (χ1n) is 5.60. The molecule has 0 aromatic rings. The van der Waals surface area contributed by atoms with E-state index in [0.717, 1.165) is 25.5 Å². The molecule has 0 heterocycles. The molecule has 0 saturated heterocycles. The molecule has 0 fully saturated rings. The van der Waals surface area contributed by atoms with Crippen LogP contribution in [0.4, 0.5) is 4.39 Å². The Bertz CT molecular complexity index is 286. The summed E-state index contributed by atoms with van der Waals surface area (Å²) >= 11 is 0. The fourth-order valence-corrected chi connectivity index (χ4v) is 1.84. The first kappa shape index (κ1) is 15.6. The highest BCUT2D eigenvalue weighted by molar-refractivity contribution is 7.86. The van der Waals surface area contributed by atoms with Crippen molar-refractivity contribution < 1.29 is 17.0 Å². The zero-order valence-electron chi connectivity index (χ0n) is 9.99. The van der Waals surface area contributed by atoms with Crippen LogP contribution in [0.25, 0.3) is 0 Å². The second kappa shape index (κ2) is 8.70. The third kappa shape index (κ3) is 10.1. The molecule has 0 amide bonds. The molecule has 16 heavy (non-hydrogen) atoms. The lowest BCUT2D eigenvalue weighted by Gasteiger charge is -2.07. The molecule has 0 rings (SSSR count). The molecule has 0 bridgehead atoms. The van der Waals surface area contributed by atoms with Crippen LogP contribution in [0.15, 0.2) is 12.2 Å². The van der Waals surface area contributed by atoms with Gasteiger partial charge in [0.25, 0.3) is 10.1 Å². The number of hydrogen-bond donors (Lipinski definition) is 0. The molecule has 0 aliphatic carbocycles. The molecule has 0 N–H and O–H groups in total. The first-order chi connectivity index (χ1) is 7.49. The normalized spacial score (nSPS) is 14.4. The van der Waals surface area contributed by atoms with Crippen LogP contribution in [0, 0.1) is 0 Å². The van der Waals surface area contributed by atoms with Gasteiger partial charge in [0.1, 0.15) is 12.8 Å². The van der Waals surface area contributed by atoms with Crippen LogP contribution in [0.2, 0.25) is 0 Å². The van der Waals surface area contributed by atoms with Crippen LogP contribution in [0.3, 0.4) is 0 Å². The fraction of sp³-hybridized carbons (Fsp3) is 0.818. The van der Waals surface area contributed by atoms with Gasteiger partial charge in [-0.3, -0.25) is 4.18 Å². The monoisotopic (exact) mass is 252 g/mol. The second-order valence-corrected chi connectivity index (χ2v) is 5.37. The molecule has 5 heteroatoms. The van der Waals surface area contributed by atoms with E-state index in [1.807, 2.05) is 0 Å². The van der Waals surface area contributed by atoms with Gasteiger partial charge in [-0.1, -0.05) is 38.3 Å². The SMILES string of the molecule is CCCCCC/C=C/C(CF)OS(C)(=O)=O. The maximum absolute atomic E-state index is 12.4. The summed E-state index contributed by atoms with van der Waals surface area (Å²) in [6.07, 6.45) is 8.61. The van der Waals surface area contributed by atoms with Crippen molar-refractivity contribution >= 4 is 10.1 Å². The molecule has 0 spiro atoms. The minimum absolute atomic E-state index is 0.821. The quantitative estimate of drug-likeness (QED) is 0.360. The number of hydrogen-bond acceptors (Lipinski definition) is 3. The minimum Gasteiger partial charge on any atom is -0.260 e. The van der Waals surface area contributed by atoms with Crippen LogP contribution in [0.1, 0.15) is 39.0 Å². The summed E-state index contributed by atoms with van der Waals surface area (Å²) in [5.41, 5.74) is 0. The van der Waals surface area contributed by atoms with Crippen LogP contribution in [0.5, 0.6) is 0 Å². The predicted molar refractivity (Wildman–Crippen MR) is 63.6 cm³/mol. The van der Waals surface area contributed by atoms with E-state index in [2.05, 4.69) is 11.1 Å². The Morgan fingerprint density at radius 3 is 2.50 bits per heavy atom. The summed E-state index contributed by atoms with van der Waals surface area (Å²) < 4.78 is 38.4. The summed E-state index contributed by atoms with van der Waals surface area (Å²) in [6, 6.07) is 0. The smallest absolute Gasteiger partial charge is 0.260 e. The topological polar surface area (TPSA) is 43.4 Å². The summed E-state index contributed by atoms with van der Waals surface area (Å²) in [7, 11) is -3.58. The summed E-state index contributed by atoms with van der Waals surface area (Å²) in [6.45, 7) is 1.31. The highest BCUT2D eigenvalue weighted by atomic mass is 32.2. The second-order valence-electron chi connectivity index (χ2n) is 3.77. The average molecular weight is 252 g/mol. The van der Waals surface area contributed by atoms with Gasteiger partial charge in [0.15, 0.2) is 0 Å². The molecule has 96 valence electrons. The average Bonchev–Trinajstić information content (AvgIpc) is 2.19. The number of allylic oxidation sites excluding steroid dienone is 1. The van der Waals surface area contributed by atoms with E-state index in [1.54, 1.807) is 6.08 Å². The van der Waals surface area contributed by atoms with Gasteiger partial charge < -0.3 is 0 Å². The summed E-state index contributed by atoms with van der Waals surface area (Å²) in [4.78, 5) is 0. The molecule has 3 nitrogen and oxygen atoms in total. The van der Waals surface area contributed by atoms with Crippen LogP contribution in [-0.4, -0.2) is 27.5 Å². The van der Waals surface area contributed by atoms with Gasteiger partial charge in [-0.05, 0) is 12.8 Å². The highest BCUT2D eigenvalue weighted by Gasteiger charge is 2.11. The van der Waals surface area contributed by atoms with E-state index >= 15 is 0 Å². The molecular formula is C11H21FO3S. The number of alkyl halides is 1. The van der Waals surface area contributed by atoms with Crippen molar-refractivity contribution in [3.8, 4) is 0 Å². The van der Waals surface area contributed by atoms with E-state index in [9.17, 15) is 12.8 Å². The van der Waals surface area contributed by atoms with Crippen molar-refractivity contribution in [3.63, 3.8) is 0 Å². The van der Waals surface area contributed by atoms with Crippen molar-refractivity contribution in [1.82, 2.24) is 0 Å². The van der Waals surface area contributed by atoms with Crippen LogP contribution >= 0.6 is 0 Å². The Labute approximate surface area is 97.8 Å². The summed E-state index contributed by atoms with van der Waals surface area (Å²) in [5, 5.41) is 0. The molecule has 1 atom stereocenters. The highest BCUT2D eigenvalue weighted by Crippen LogP contribution is 2.06. The van der Waals surface area contributed by atoms with Gasteiger partial charge in [-0.2, -0.15) is 8.42 Å². The summed E-state index contributed by atoms with van der Waals surface area (Å²) in [5.74, 6) is 0. The van der Waals surface area contributed by atoms with Crippen LogP contribution < -0.4 is 0 Å². The van der Waals surface area contributed by atoms with E-state index in [4.69, 9.17) is 0 Å². The largest absolute Gasteiger partial charge is 0.265 e. The molecule has 0 aromatic carbocycles. The zero-order chi connectivity index (χ0) is 12.4. The lowest BCUT2D eigenvalue weighted by molar-refractivity contribution is 0.215. The fourth-order valence-electron chi connectivity index (χ4n) is 1.27. The Morgan fingerprint density at radius 2 is 2.00 bits per heavy atom. The zero-order valence-corrected chi connectivity index (χ0v) is 10.8. The Morgan fingerprint density at radius 1 is 1.31 bits per heavy atom. The van der Waals surface area contributed by atoms with Crippen molar-refractivity contribution in [2.24, 2.45) is 0 Å². The number of rotatable bonds is 9. The van der Waals surface area contributed by atoms with Gasteiger partial charge in [0, 0.05) is 0 Å². The number of halogens is 1. The maximum Gasteiger partial charge on any atom is 0.265 e. The molecule has 0 aliphatic heterocycles. The Balaban J connectivity index is 3.80. The van der Waals surface area contributed by atoms with Gasteiger partial charge in [0.2, 0.25) is 0 Å². The lowest BCUT2D eigenvalue weighted by atomic mass is 10.1. The molecular weight excluding hydrogens is 231 g/mol. The maximum atomic E-state index is 12.4. The number of unbranched alkanes of at least 4 members (excludes halogenated alkanes) is 4. The molecule has 0 aromatic heterocycles. The van der Waals surface area contributed by atoms with Crippen molar-refractivity contribution in [2.45, 2.75) is 45.1 Å². The van der Waals surface area contributed by atoms with E-state index in [0.29, 0.717) is 0 Å². The van der Waals surface area contributed by atoms with Gasteiger partial charge in [-0.15, -0.1) is 0 Å². The third-order valence-electron chi connectivity index (χ3n) is 2.03. The minimum atomic E-state index is -3.58. The lowest BCUT2D eigenvalue weighted by Crippen LogP contribution is -2.17. The standard InChI is InChI=1S/C11H21FO3S/c1-3-4-5-6-7-8-9-11(10-12)15-16(2,13)14/h8-9,11H,3-7,10H2,1-2H3/b9-8+. The van der Waals surface area contributed by atoms with E-state index < -0.39 is 22.9 Å². The van der Waals surface area contributed by atoms with Crippen LogP contribution in [-0.2, 0) is 14.3 Å². The van der Waals surface area contributed by atoms with Crippen molar-refractivity contribution in [2.75, 3.05) is 12.9 Å². The Kier molecular flexibility index (Phi) is 8.47. The van der Waals surface area contributed by atoms with Gasteiger partial charge in [0.05, 0.1) is 6.26 Å². The molecule has 0 radical (unpaired) electrons. The van der Waals surface area contributed by atoms with Gasteiger partial charge >= 0.3 is 0 Å². The third-order valence-corrected chi connectivity index (χ3v) is 2.62. The Hall–Kier alpha value is -0.420. The molecule has 0 aliphatic rings. The predicted octanol–water partition coefficient (Wildman–Crippen LogP) is 2.83. The molecule has 1 unspecified atom stereocenters. The van der Waals surface area contributed by atoms with E-state index in [1.165, 1.54) is 18.9 Å². The van der Waals surface area contributed by atoms with Crippen molar-refractivity contribution in [3.05, 3.63) is 12.2 Å². The van der Waals surface area contributed by atoms with E-state index in [-0.39, 0.29) is 0 Å². The first-order valence-corrected chi connectivity index (χ1v) is 7.42. The van der Waals surface area contributed by atoms with Crippen molar-refractivity contribution in [1.29, 1.82) is 0 Å². The molecule has 0 saturated carbocycles.